The van der Waals surface area contributed by atoms with Gasteiger partial charge in [-0.1, -0.05) is 58.4 Å². The molecular formula is C21H21BrN2O3. The second-order valence-corrected chi connectivity index (χ2v) is 7.14. The van der Waals surface area contributed by atoms with Crippen LogP contribution in [0.4, 0.5) is 4.79 Å². The van der Waals surface area contributed by atoms with Crippen molar-refractivity contribution in [1.29, 1.82) is 0 Å². The van der Waals surface area contributed by atoms with Gasteiger partial charge in [0.25, 0.3) is 0 Å². The molecule has 0 aromatic heterocycles. The Balaban J connectivity index is 2.03. The third-order valence-electron chi connectivity index (χ3n) is 4.46. The van der Waals surface area contributed by atoms with Crippen LogP contribution < -0.4 is 5.32 Å². The first-order chi connectivity index (χ1) is 13.0. The Labute approximate surface area is 167 Å². The van der Waals surface area contributed by atoms with Crippen molar-refractivity contribution >= 4 is 27.9 Å². The van der Waals surface area contributed by atoms with E-state index in [1.807, 2.05) is 54.6 Å². The zero-order valence-corrected chi connectivity index (χ0v) is 16.8. The lowest BCUT2D eigenvalue weighted by Crippen LogP contribution is -2.47. The number of esters is 1. The van der Waals surface area contributed by atoms with Crippen LogP contribution in [0.2, 0.25) is 0 Å². The first-order valence-corrected chi connectivity index (χ1v) is 9.56. The van der Waals surface area contributed by atoms with Crippen molar-refractivity contribution in [2.24, 2.45) is 0 Å². The number of amides is 2. The number of hydrogen-bond donors (Lipinski definition) is 1. The largest absolute Gasteiger partial charge is 0.463 e. The molecule has 1 N–H and O–H groups in total. The number of carbonyl (C=O) groups excluding carboxylic acids is 2. The van der Waals surface area contributed by atoms with Crippen molar-refractivity contribution in [2.45, 2.75) is 26.4 Å². The second kappa shape index (κ2) is 8.39. The number of ether oxygens (including phenoxy) is 1. The topological polar surface area (TPSA) is 58.6 Å². The molecule has 27 heavy (non-hydrogen) atoms. The quantitative estimate of drug-likeness (QED) is 0.710. The minimum Gasteiger partial charge on any atom is -0.463 e. The summed E-state index contributed by atoms with van der Waals surface area (Å²) in [6, 6.07) is 16.4. The lowest BCUT2D eigenvalue weighted by atomic mass is 9.94. The van der Waals surface area contributed by atoms with Crippen LogP contribution in [0.1, 0.15) is 31.0 Å². The summed E-state index contributed by atoms with van der Waals surface area (Å²) in [5, 5.41) is 2.96. The van der Waals surface area contributed by atoms with Gasteiger partial charge in [0, 0.05) is 10.2 Å². The van der Waals surface area contributed by atoms with Gasteiger partial charge in [0.1, 0.15) is 0 Å². The van der Waals surface area contributed by atoms with Crippen LogP contribution in [0.5, 0.6) is 0 Å². The predicted octanol–water partition coefficient (Wildman–Crippen LogP) is 4.55. The van der Waals surface area contributed by atoms with E-state index in [0.29, 0.717) is 17.8 Å². The molecular weight excluding hydrogens is 408 g/mol. The SMILES string of the molecule is CCOC(=O)C1=C(C)N(Cc2ccccc2)C(=O)NC1c1cccc(Br)c1. The normalized spacial score (nSPS) is 16.9. The Morgan fingerprint density at radius 2 is 1.93 bits per heavy atom. The zero-order valence-electron chi connectivity index (χ0n) is 15.2. The minimum absolute atomic E-state index is 0.241. The lowest BCUT2D eigenvalue weighted by molar-refractivity contribution is -0.139. The number of halogens is 1. The van der Waals surface area contributed by atoms with Gasteiger partial charge < -0.3 is 10.1 Å². The van der Waals surface area contributed by atoms with Crippen LogP contribution in [-0.2, 0) is 16.1 Å². The average molecular weight is 429 g/mol. The van der Waals surface area contributed by atoms with E-state index in [1.165, 1.54) is 0 Å². The van der Waals surface area contributed by atoms with Gasteiger partial charge in [-0.2, -0.15) is 0 Å². The molecule has 5 nitrogen and oxygen atoms in total. The van der Waals surface area contributed by atoms with Crippen LogP contribution in [0.25, 0.3) is 0 Å². The molecule has 0 saturated carbocycles. The van der Waals surface area contributed by atoms with Crippen molar-refractivity contribution in [3.63, 3.8) is 0 Å². The van der Waals surface area contributed by atoms with E-state index in [2.05, 4.69) is 21.2 Å². The number of allylic oxidation sites excluding steroid dienone is 1. The van der Waals surface area contributed by atoms with Crippen LogP contribution in [0.3, 0.4) is 0 Å². The van der Waals surface area contributed by atoms with Gasteiger partial charge in [0.15, 0.2) is 0 Å². The third-order valence-corrected chi connectivity index (χ3v) is 4.95. The molecule has 0 spiro atoms. The van der Waals surface area contributed by atoms with E-state index < -0.39 is 12.0 Å². The Morgan fingerprint density at radius 1 is 1.19 bits per heavy atom. The van der Waals surface area contributed by atoms with E-state index in [1.54, 1.807) is 18.7 Å². The zero-order chi connectivity index (χ0) is 19.4. The summed E-state index contributed by atoms with van der Waals surface area (Å²) in [6.07, 6.45) is 0. The molecule has 140 valence electrons. The number of benzene rings is 2. The molecule has 1 unspecified atom stereocenters. The summed E-state index contributed by atoms with van der Waals surface area (Å²) < 4.78 is 6.16. The maximum atomic E-state index is 12.8. The molecule has 1 heterocycles. The predicted molar refractivity (Wildman–Crippen MR) is 107 cm³/mol. The van der Waals surface area contributed by atoms with E-state index in [9.17, 15) is 9.59 Å². The molecule has 6 heteroatoms. The van der Waals surface area contributed by atoms with Crippen LogP contribution in [0.15, 0.2) is 70.3 Å². The van der Waals surface area contributed by atoms with Crippen molar-refractivity contribution in [2.75, 3.05) is 6.61 Å². The molecule has 2 amide bonds. The summed E-state index contributed by atoms with van der Waals surface area (Å²) in [6.45, 7) is 4.21. The number of nitrogens with one attached hydrogen (secondary N) is 1. The smallest absolute Gasteiger partial charge is 0.338 e. The van der Waals surface area contributed by atoms with Gasteiger partial charge in [0.2, 0.25) is 0 Å². The first kappa shape index (κ1) is 19.2. The van der Waals surface area contributed by atoms with E-state index in [4.69, 9.17) is 4.74 Å². The molecule has 0 saturated heterocycles. The summed E-state index contributed by atoms with van der Waals surface area (Å²) in [7, 11) is 0. The summed E-state index contributed by atoms with van der Waals surface area (Å²) in [5.41, 5.74) is 2.85. The number of hydrogen-bond acceptors (Lipinski definition) is 3. The fourth-order valence-electron chi connectivity index (χ4n) is 3.15. The average Bonchev–Trinajstić information content (AvgIpc) is 2.65. The molecule has 0 aliphatic carbocycles. The first-order valence-electron chi connectivity index (χ1n) is 8.76. The van der Waals surface area contributed by atoms with Crippen LogP contribution in [0, 0.1) is 0 Å². The Hall–Kier alpha value is -2.60. The van der Waals surface area contributed by atoms with Gasteiger partial charge in [-0.25, -0.2) is 9.59 Å². The summed E-state index contributed by atoms with van der Waals surface area (Å²) in [5.74, 6) is -0.418. The molecule has 0 radical (unpaired) electrons. The van der Waals surface area contributed by atoms with Crippen molar-refractivity contribution in [1.82, 2.24) is 10.2 Å². The fraction of sp³-hybridized carbons (Fsp3) is 0.238. The molecule has 0 bridgehead atoms. The van der Waals surface area contributed by atoms with E-state index >= 15 is 0 Å². The Morgan fingerprint density at radius 3 is 2.59 bits per heavy atom. The van der Waals surface area contributed by atoms with E-state index in [-0.39, 0.29) is 12.6 Å². The van der Waals surface area contributed by atoms with Gasteiger partial charge in [-0.15, -0.1) is 0 Å². The van der Waals surface area contributed by atoms with Crippen molar-refractivity contribution in [3.8, 4) is 0 Å². The van der Waals surface area contributed by atoms with Crippen molar-refractivity contribution in [3.05, 3.63) is 81.5 Å². The van der Waals surface area contributed by atoms with E-state index in [0.717, 1.165) is 15.6 Å². The molecule has 2 aromatic rings. The monoisotopic (exact) mass is 428 g/mol. The van der Waals surface area contributed by atoms with Crippen LogP contribution >= 0.6 is 15.9 Å². The maximum absolute atomic E-state index is 12.8. The Kier molecular flexibility index (Phi) is 5.96. The summed E-state index contributed by atoms with van der Waals surface area (Å²) in [4.78, 5) is 27.1. The molecule has 0 fully saturated rings. The molecule has 1 aliphatic heterocycles. The number of urea groups is 1. The minimum atomic E-state index is -0.555. The van der Waals surface area contributed by atoms with Crippen LogP contribution in [-0.4, -0.2) is 23.5 Å². The van der Waals surface area contributed by atoms with Crippen molar-refractivity contribution < 1.29 is 14.3 Å². The highest BCUT2D eigenvalue weighted by Crippen LogP contribution is 2.33. The number of rotatable bonds is 5. The molecule has 2 aromatic carbocycles. The maximum Gasteiger partial charge on any atom is 0.338 e. The van der Waals surface area contributed by atoms with Gasteiger partial charge in [-0.3, -0.25) is 4.90 Å². The number of carbonyl (C=O) groups is 2. The number of nitrogens with zero attached hydrogens (tertiary/aromatic N) is 1. The highest BCUT2D eigenvalue weighted by molar-refractivity contribution is 9.10. The third kappa shape index (κ3) is 4.22. The Bertz CT molecular complexity index is 880. The molecule has 1 aliphatic rings. The van der Waals surface area contributed by atoms with Gasteiger partial charge in [0.05, 0.1) is 24.8 Å². The molecule has 3 rings (SSSR count). The molecule has 1 atom stereocenters. The standard InChI is InChI=1S/C21H21BrN2O3/c1-3-27-20(25)18-14(2)24(13-15-8-5-4-6-9-15)21(26)23-19(18)16-10-7-11-17(22)12-16/h4-12,19H,3,13H2,1-2H3,(H,23,26). The second-order valence-electron chi connectivity index (χ2n) is 6.23. The summed E-state index contributed by atoms with van der Waals surface area (Å²) >= 11 is 3.45. The fourth-order valence-corrected chi connectivity index (χ4v) is 3.56. The van der Waals surface area contributed by atoms with Gasteiger partial charge >= 0.3 is 12.0 Å². The highest BCUT2D eigenvalue weighted by atomic mass is 79.9. The highest BCUT2D eigenvalue weighted by Gasteiger charge is 2.36. The van der Waals surface area contributed by atoms with Gasteiger partial charge in [-0.05, 0) is 37.1 Å². The lowest BCUT2D eigenvalue weighted by Gasteiger charge is -2.35.